The Morgan fingerprint density at radius 2 is 1.46 bits per heavy atom. The van der Waals surface area contributed by atoms with Gasteiger partial charge in [-0.2, -0.15) is 0 Å². The average Bonchev–Trinajstić information content (AvgIpc) is 2.61. The molecule has 0 saturated carbocycles. The zero-order valence-corrected chi connectivity index (χ0v) is 15.7. The number of ether oxygens (including phenoxy) is 1. The maximum absolute atomic E-state index is 12.1. The molecule has 2 aromatic carbocycles. The topological polar surface area (TPSA) is 67.4 Å². The number of para-hydroxylation sites is 1. The number of carbonyl (C=O) groups excluding carboxylic acids is 2. The first-order valence-electron chi connectivity index (χ1n) is 8.79. The Kier molecular flexibility index (Phi) is 6.78. The highest BCUT2D eigenvalue weighted by Gasteiger charge is 2.10. The quantitative estimate of drug-likeness (QED) is 0.773. The number of hydrogen-bond acceptors (Lipinski definition) is 3. The van der Waals surface area contributed by atoms with Gasteiger partial charge in [-0.3, -0.25) is 9.59 Å². The van der Waals surface area contributed by atoms with Crippen molar-refractivity contribution in [1.29, 1.82) is 0 Å². The number of amides is 2. The number of hydrogen-bond donors (Lipinski definition) is 2. The monoisotopic (exact) mass is 354 g/mol. The van der Waals surface area contributed by atoms with Gasteiger partial charge < -0.3 is 15.4 Å². The molecular weight excluding hydrogens is 328 g/mol. The van der Waals surface area contributed by atoms with Crippen LogP contribution >= 0.6 is 0 Å². The normalized spacial score (nSPS) is 10.7. The molecule has 0 aromatic heterocycles. The van der Waals surface area contributed by atoms with Gasteiger partial charge in [0.15, 0.2) is 6.61 Å². The maximum Gasteiger partial charge on any atom is 0.262 e. The fourth-order valence-electron chi connectivity index (χ4n) is 2.35. The second-order valence-electron chi connectivity index (χ2n) is 6.75. The van der Waals surface area contributed by atoms with E-state index in [9.17, 15) is 9.59 Å². The smallest absolute Gasteiger partial charge is 0.262 e. The minimum atomic E-state index is -0.234. The molecule has 26 heavy (non-hydrogen) atoms. The summed E-state index contributed by atoms with van der Waals surface area (Å²) in [6.07, 6.45) is 0. The molecule has 0 aliphatic carbocycles. The molecule has 0 fully saturated rings. The van der Waals surface area contributed by atoms with Crippen molar-refractivity contribution in [3.05, 3.63) is 54.1 Å². The highest BCUT2D eigenvalue weighted by molar-refractivity contribution is 5.94. The van der Waals surface area contributed by atoms with E-state index in [1.807, 2.05) is 38.1 Å². The first kappa shape index (κ1) is 19.5. The Morgan fingerprint density at radius 3 is 2.04 bits per heavy atom. The zero-order chi connectivity index (χ0) is 19.1. The van der Waals surface area contributed by atoms with Gasteiger partial charge in [-0.25, -0.2) is 0 Å². The molecule has 0 heterocycles. The van der Waals surface area contributed by atoms with Crippen molar-refractivity contribution in [2.75, 3.05) is 17.2 Å². The van der Waals surface area contributed by atoms with Gasteiger partial charge in [0.05, 0.1) is 0 Å². The molecule has 0 atom stereocenters. The van der Waals surface area contributed by atoms with Gasteiger partial charge in [0, 0.05) is 17.3 Å². The Hall–Kier alpha value is -2.82. The lowest BCUT2D eigenvalue weighted by Gasteiger charge is -2.14. The van der Waals surface area contributed by atoms with E-state index in [1.54, 1.807) is 24.3 Å². The summed E-state index contributed by atoms with van der Waals surface area (Å²) in [7, 11) is 0. The molecule has 2 rings (SSSR count). The summed E-state index contributed by atoms with van der Waals surface area (Å²) < 4.78 is 5.67. The van der Waals surface area contributed by atoms with Crippen LogP contribution in [0.15, 0.2) is 48.5 Å². The summed E-state index contributed by atoms with van der Waals surface area (Å²) in [5, 5.41) is 5.60. The maximum atomic E-state index is 12.1. The fourth-order valence-corrected chi connectivity index (χ4v) is 2.35. The van der Waals surface area contributed by atoms with Crippen molar-refractivity contribution in [3.63, 3.8) is 0 Å². The van der Waals surface area contributed by atoms with Crippen LogP contribution in [-0.2, 0) is 9.59 Å². The average molecular weight is 354 g/mol. The molecule has 0 saturated heterocycles. The van der Waals surface area contributed by atoms with Crippen molar-refractivity contribution >= 4 is 23.2 Å². The predicted molar refractivity (Wildman–Crippen MR) is 105 cm³/mol. The van der Waals surface area contributed by atoms with E-state index in [0.717, 1.165) is 11.3 Å². The van der Waals surface area contributed by atoms with Crippen LogP contribution in [0, 0.1) is 5.92 Å². The molecule has 138 valence electrons. The summed E-state index contributed by atoms with van der Waals surface area (Å²) in [6.45, 7) is 7.78. The van der Waals surface area contributed by atoms with Crippen LogP contribution in [-0.4, -0.2) is 18.4 Å². The summed E-state index contributed by atoms with van der Waals surface area (Å²) in [4.78, 5) is 23.8. The highest BCUT2D eigenvalue weighted by atomic mass is 16.5. The minimum Gasteiger partial charge on any atom is -0.483 e. The fraction of sp³-hybridized carbons (Fsp3) is 0.333. The van der Waals surface area contributed by atoms with Crippen LogP contribution in [0.3, 0.4) is 0 Å². The van der Waals surface area contributed by atoms with Crippen molar-refractivity contribution in [1.82, 2.24) is 0 Å². The number of benzene rings is 2. The Balaban J connectivity index is 1.89. The van der Waals surface area contributed by atoms with Gasteiger partial charge >= 0.3 is 0 Å². The molecule has 0 radical (unpaired) electrons. The van der Waals surface area contributed by atoms with E-state index < -0.39 is 0 Å². The third-order valence-corrected chi connectivity index (χ3v) is 3.86. The van der Waals surface area contributed by atoms with Crippen molar-refractivity contribution in [3.8, 4) is 5.75 Å². The van der Waals surface area contributed by atoms with Gasteiger partial charge in [0.1, 0.15) is 5.75 Å². The lowest BCUT2D eigenvalue weighted by Crippen LogP contribution is -2.21. The number of rotatable bonds is 7. The van der Waals surface area contributed by atoms with Crippen LogP contribution in [0.2, 0.25) is 0 Å². The van der Waals surface area contributed by atoms with E-state index in [1.165, 1.54) is 0 Å². The third kappa shape index (κ3) is 5.62. The summed E-state index contributed by atoms with van der Waals surface area (Å²) in [6, 6.07) is 14.7. The molecule has 5 nitrogen and oxygen atoms in total. The summed E-state index contributed by atoms with van der Waals surface area (Å²) in [5.74, 6) is 0.689. The molecular formula is C21H26N2O3. The molecule has 0 unspecified atom stereocenters. The van der Waals surface area contributed by atoms with Gasteiger partial charge in [-0.1, -0.05) is 45.9 Å². The summed E-state index contributed by atoms with van der Waals surface area (Å²) >= 11 is 0. The van der Waals surface area contributed by atoms with E-state index in [0.29, 0.717) is 17.3 Å². The Bertz CT molecular complexity index is 752. The molecule has 0 aliphatic rings. The predicted octanol–water partition coefficient (Wildman–Crippen LogP) is 4.42. The van der Waals surface area contributed by atoms with Crippen molar-refractivity contribution in [2.24, 2.45) is 5.92 Å². The lowest BCUT2D eigenvalue weighted by atomic mass is 10.0. The number of carbonyl (C=O) groups is 2. The molecule has 2 N–H and O–H groups in total. The van der Waals surface area contributed by atoms with Gasteiger partial charge in [-0.15, -0.1) is 0 Å². The molecule has 0 spiro atoms. The number of anilines is 2. The SMILES string of the molecule is CC(C)C(=O)Nc1ccc(NC(=O)COc2ccccc2C(C)C)cc1. The first-order chi connectivity index (χ1) is 12.4. The Labute approximate surface area is 154 Å². The van der Waals surface area contributed by atoms with E-state index in [-0.39, 0.29) is 24.3 Å². The number of nitrogens with one attached hydrogen (secondary N) is 2. The third-order valence-electron chi connectivity index (χ3n) is 3.86. The first-order valence-corrected chi connectivity index (χ1v) is 8.79. The minimum absolute atomic E-state index is 0.0426. The second kappa shape index (κ2) is 9.04. The van der Waals surface area contributed by atoms with Crippen LogP contribution < -0.4 is 15.4 Å². The largest absolute Gasteiger partial charge is 0.483 e. The van der Waals surface area contributed by atoms with Crippen molar-refractivity contribution < 1.29 is 14.3 Å². The standard InChI is InChI=1S/C21H26N2O3/c1-14(2)18-7-5-6-8-19(18)26-13-20(24)22-16-9-11-17(12-10-16)23-21(25)15(3)4/h5-12,14-15H,13H2,1-4H3,(H,22,24)(H,23,25). The lowest BCUT2D eigenvalue weighted by molar-refractivity contribution is -0.119. The van der Waals surface area contributed by atoms with E-state index in [2.05, 4.69) is 24.5 Å². The van der Waals surface area contributed by atoms with E-state index >= 15 is 0 Å². The molecule has 2 aromatic rings. The van der Waals surface area contributed by atoms with Gasteiger partial charge in [0.2, 0.25) is 5.91 Å². The zero-order valence-electron chi connectivity index (χ0n) is 15.7. The van der Waals surface area contributed by atoms with Crippen LogP contribution in [0.4, 0.5) is 11.4 Å². The van der Waals surface area contributed by atoms with Gasteiger partial charge in [0.25, 0.3) is 5.91 Å². The molecule has 2 amide bonds. The highest BCUT2D eigenvalue weighted by Crippen LogP contribution is 2.25. The van der Waals surface area contributed by atoms with Crippen LogP contribution in [0.5, 0.6) is 5.75 Å². The van der Waals surface area contributed by atoms with Gasteiger partial charge in [-0.05, 0) is 41.8 Å². The summed E-state index contributed by atoms with van der Waals surface area (Å²) in [5.41, 5.74) is 2.42. The second-order valence-corrected chi connectivity index (χ2v) is 6.75. The molecule has 0 bridgehead atoms. The molecule has 5 heteroatoms. The Morgan fingerprint density at radius 1 is 0.885 bits per heavy atom. The van der Waals surface area contributed by atoms with Crippen LogP contribution in [0.25, 0.3) is 0 Å². The van der Waals surface area contributed by atoms with Crippen LogP contribution in [0.1, 0.15) is 39.2 Å². The molecule has 0 aliphatic heterocycles. The van der Waals surface area contributed by atoms with Crippen molar-refractivity contribution in [2.45, 2.75) is 33.6 Å². The van der Waals surface area contributed by atoms with E-state index in [4.69, 9.17) is 4.74 Å².